The van der Waals surface area contributed by atoms with Crippen LogP contribution >= 0.6 is 0 Å². The Bertz CT molecular complexity index is 556. The highest BCUT2D eigenvalue weighted by molar-refractivity contribution is 5.74. The smallest absolute Gasteiger partial charge is 0.321 e. The molecular formula is C15H20N2O4. The number of nitrogens with zero attached hydrogens (tertiary/aromatic N) is 2. The molecule has 1 aromatic carbocycles. The van der Waals surface area contributed by atoms with Gasteiger partial charge in [-0.05, 0) is 30.4 Å². The second-order valence-corrected chi connectivity index (χ2v) is 6.23. The van der Waals surface area contributed by atoms with E-state index >= 15 is 0 Å². The summed E-state index contributed by atoms with van der Waals surface area (Å²) in [6.07, 6.45) is 1.81. The van der Waals surface area contributed by atoms with E-state index in [-0.39, 0.29) is 11.1 Å². The number of likely N-dealkylation sites (tertiary alicyclic amines) is 1. The Labute approximate surface area is 123 Å². The van der Waals surface area contributed by atoms with Gasteiger partial charge >= 0.3 is 5.97 Å². The fourth-order valence-corrected chi connectivity index (χ4v) is 3.16. The van der Waals surface area contributed by atoms with Crippen LogP contribution in [0.15, 0.2) is 24.3 Å². The van der Waals surface area contributed by atoms with Gasteiger partial charge in [0.25, 0.3) is 5.69 Å². The lowest BCUT2D eigenvalue weighted by Gasteiger charge is -2.44. The molecule has 1 aliphatic rings. The molecule has 1 aromatic rings. The van der Waals surface area contributed by atoms with Crippen LogP contribution in [0.25, 0.3) is 0 Å². The Kier molecular flexibility index (Phi) is 4.27. The average Bonchev–Trinajstić information content (AvgIpc) is 2.37. The van der Waals surface area contributed by atoms with Crippen molar-refractivity contribution in [2.24, 2.45) is 5.41 Å². The van der Waals surface area contributed by atoms with Crippen molar-refractivity contribution in [3.63, 3.8) is 0 Å². The number of nitro groups is 1. The maximum absolute atomic E-state index is 11.6. The number of carboxylic acid groups (broad SMARTS) is 1. The van der Waals surface area contributed by atoms with Crippen LogP contribution in [0, 0.1) is 15.5 Å². The molecular weight excluding hydrogens is 272 g/mol. The molecule has 0 aliphatic carbocycles. The molecule has 114 valence electrons. The van der Waals surface area contributed by atoms with Gasteiger partial charge in [0, 0.05) is 18.7 Å². The van der Waals surface area contributed by atoms with Crippen molar-refractivity contribution in [1.82, 2.24) is 4.90 Å². The molecule has 1 fully saturated rings. The van der Waals surface area contributed by atoms with E-state index in [0.717, 1.165) is 18.4 Å². The van der Waals surface area contributed by atoms with E-state index in [1.54, 1.807) is 12.1 Å². The first-order valence-electron chi connectivity index (χ1n) is 7.01. The molecule has 6 heteroatoms. The molecule has 2 rings (SSSR count). The van der Waals surface area contributed by atoms with Crippen molar-refractivity contribution in [3.8, 4) is 0 Å². The standard InChI is InChI=1S/C15H20N2O4/c1-15(2)7-4-8-16(13(15)14(18)19)10-11-5-3-6-12(9-11)17(20)21/h3,5-6,9,13H,4,7-8,10H2,1-2H3,(H,18,19). The van der Waals surface area contributed by atoms with Crippen LogP contribution in [-0.4, -0.2) is 33.5 Å². The van der Waals surface area contributed by atoms with Crippen LogP contribution in [0.2, 0.25) is 0 Å². The highest BCUT2D eigenvalue weighted by atomic mass is 16.6. The summed E-state index contributed by atoms with van der Waals surface area (Å²) in [7, 11) is 0. The number of nitro benzene ring substituents is 1. The molecule has 1 aliphatic heterocycles. The molecule has 6 nitrogen and oxygen atoms in total. The van der Waals surface area contributed by atoms with Gasteiger partial charge < -0.3 is 5.11 Å². The number of piperidine rings is 1. The van der Waals surface area contributed by atoms with Gasteiger partial charge in [-0.3, -0.25) is 19.8 Å². The van der Waals surface area contributed by atoms with E-state index in [1.165, 1.54) is 12.1 Å². The number of benzene rings is 1. The maximum Gasteiger partial charge on any atom is 0.321 e. The minimum Gasteiger partial charge on any atom is -0.480 e. The van der Waals surface area contributed by atoms with Gasteiger partial charge in [0.05, 0.1) is 4.92 Å². The first kappa shape index (κ1) is 15.4. The maximum atomic E-state index is 11.6. The number of non-ortho nitro benzene ring substituents is 1. The first-order valence-corrected chi connectivity index (χ1v) is 7.01. The third-order valence-corrected chi connectivity index (χ3v) is 4.11. The summed E-state index contributed by atoms with van der Waals surface area (Å²) in [4.78, 5) is 23.9. The predicted molar refractivity (Wildman–Crippen MR) is 77.9 cm³/mol. The normalized spacial score (nSPS) is 21.9. The number of hydrogen-bond acceptors (Lipinski definition) is 4. The zero-order valence-corrected chi connectivity index (χ0v) is 12.3. The van der Waals surface area contributed by atoms with Crippen LogP contribution in [0.3, 0.4) is 0 Å². The fraction of sp³-hybridized carbons (Fsp3) is 0.533. The number of aliphatic carboxylic acids is 1. The van der Waals surface area contributed by atoms with E-state index < -0.39 is 16.9 Å². The number of carboxylic acids is 1. The van der Waals surface area contributed by atoms with Gasteiger partial charge in [-0.25, -0.2) is 0 Å². The Morgan fingerprint density at radius 3 is 2.86 bits per heavy atom. The topological polar surface area (TPSA) is 83.7 Å². The highest BCUT2D eigenvalue weighted by Gasteiger charge is 2.42. The van der Waals surface area contributed by atoms with E-state index in [2.05, 4.69) is 0 Å². The predicted octanol–water partition coefficient (Wildman–Crippen LogP) is 2.67. The first-order chi connectivity index (χ1) is 9.81. The lowest BCUT2D eigenvalue weighted by molar-refractivity contribution is -0.384. The number of carbonyl (C=O) groups is 1. The van der Waals surface area contributed by atoms with Crippen molar-refractivity contribution in [1.29, 1.82) is 0 Å². The molecule has 1 N–H and O–H groups in total. The molecule has 1 atom stereocenters. The minimum absolute atomic E-state index is 0.0376. The number of rotatable bonds is 4. The van der Waals surface area contributed by atoms with Crippen molar-refractivity contribution < 1.29 is 14.8 Å². The highest BCUT2D eigenvalue weighted by Crippen LogP contribution is 2.36. The van der Waals surface area contributed by atoms with Gasteiger partial charge in [0.1, 0.15) is 6.04 Å². The molecule has 21 heavy (non-hydrogen) atoms. The van der Waals surface area contributed by atoms with Gasteiger partial charge in [-0.2, -0.15) is 0 Å². The molecule has 1 heterocycles. The van der Waals surface area contributed by atoms with Crippen LogP contribution in [0.4, 0.5) is 5.69 Å². The summed E-state index contributed by atoms with van der Waals surface area (Å²) in [5, 5.41) is 20.3. The van der Waals surface area contributed by atoms with Crippen molar-refractivity contribution in [2.75, 3.05) is 6.54 Å². The minimum atomic E-state index is -0.829. The average molecular weight is 292 g/mol. The van der Waals surface area contributed by atoms with Gasteiger partial charge in [-0.15, -0.1) is 0 Å². The Morgan fingerprint density at radius 1 is 1.52 bits per heavy atom. The van der Waals surface area contributed by atoms with Crippen LogP contribution in [0.1, 0.15) is 32.3 Å². The van der Waals surface area contributed by atoms with E-state index in [1.807, 2.05) is 18.7 Å². The molecule has 0 spiro atoms. The lowest BCUT2D eigenvalue weighted by Crippen LogP contribution is -2.53. The number of hydrogen-bond donors (Lipinski definition) is 1. The third kappa shape index (κ3) is 3.39. The zero-order valence-electron chi connectivity index (χ0n) is 12.3. The summed E-state index contributed by atoms with van der Waals surface area (Å²) in [5.41, 5.74) is 0.508. The van der Waals surface area contributed by atoms with Crippen molar-refractivity contribution in [3.05, 3.63) is 39.9 Å². The van der Waals surface area contributed by atoms with E-state index in [9.17, 15) is 20.0 Å². The van der Waals surface area contributed by atoms with E-state index in [4.69, 9.17) is 0 Å². The molecule has 0 bridgehead atoms. The second-order valence-electron chi connectivity index (χ2n) is 6.23. The molecule has 1 unspecified atom stereocenters. The van der Waals surface area contributed by atoms with Gasteiger partial charge in [-0.1, -0.05) is 26.0 Å². The summed E-state index contributed by atoms with van der Waals surface area (Å²) >= 11 is 0. The zero-order chi connectivity index (χ0) is 15.6. The Morgan fingerprint density at radius 2 is 2.24 bits per heavy atom. The second kappa shape index (κ2) is 5.81. The molecule has 0 aromatic heterocycles. The molecule has 0 amide bonds. The SMILES string of the molecule is CC1(C)CCCN(Cc2cccc([N+](=O)[O-])c2)C1C(=O)O. The third-order valence-electron chi connectivity index (χ3n) is 4.11. The van der Waals surface area contributed by atoms with Crippen LogP contribution < -0.4 is 0 Å². The van der Waals surface area contributed by atoms with Crippen molar-refractivity contribution >= 4 is 11.7 Å². The quantitative estimate of drug-likeness (QED) is 0.681. The fourth-order valence-electron chi connectivity index (χ4n) is 3.16. The Balaban J connectivity index is 2.22. The Hall–Kier alpha value is -1.95. The lowest BCUT2D eigenvalue weighted by atomic mass is 9.76. The van der Waals surface area contributed by atoms with Gasteiger partial charge in [0.2, 0.25) is 0 Å². The van der Waals surface area contributed by atoms with Crippen LogP contribution in [-0.2, 0) is 11.3 Å². The van der Waals surface area contributed by atoms with E-state index in [0.29, 0.717) is 13.1 Å². The summed E-state index contributed by atoms with van der Waals surface area (Å²) in [5.74, 6) is -0.829. The monoisotopic (exact) mass is 292 g/mol. The molecule has 0 saturated carbocycles. The van der Waals surface area contributed by atoms with Crippen molar-refractivity contribution in [2.45, 2.75) is 39.3 Å². The van der Waals surface area contributed by atoms with Gasteiger partial charge in [0.15, 0.2) is 0 Å². The summed E-state index contributed by atoms with van der Waals surface area (Å²) in [6, 6.07) is 5.83. The molecule has 0 radical (unpaired) electrons. The molecule has 1 saturated heterocycles. The summed E-state index contributed by atoms with van der Waals surface area (Å²) < 4.78 is 0. The van der Waals surface area contributed by atoms with Crippen LogP contribution in [0.5, 0.6) is 0 Å². The summed E-state index contributed by atoms with van der Waals surface area (Å²) in [6.45, 7) is 5.04. The largest absolute Gasteiger partial charge is 0.480 e.